The molecule has 0 aliphatic rings. The van der Waals surface area contributed by atoms with Gasteiger partial charge >= 0.3 is 0 Å². The third-order valence-corrected chi connectivity index (χ3v) is 5.82. The lowest BCUT2D eigenvalue weighted by molar-refractivity contribution is 0.517. The number of thioether (sulfide) groups is 1. The number of halogens is 2. The fourth-order valence-corrected chi connectivity index (χ4v) is 4.00. The van der Waals surface area contributed by atoms with Crippen LogP contribution in [0.4, 0.5) is 4.39 Å². The third kappa shape index (κ3) is 3.24. The van der Waals surface area contributed by atoms with E-state index in [1.165, 1.54) is 23.5 Å². The van der Waals surface area contributed by atoms with Gasteiger partial charge in [0.1, 0.15) is 16.2 Å². The summed E-state index contributed by atoms with van der Waals surface area (Å²) in [6.07, 6.45) is 3.97. The minimum atomic E-state index is -0.283. The number of benzene rings is 1. The molecule has 0 aliphatic heterocycles. The number of hydrogen-bond acceptors (Lipinski definition) is 7. The van der Waals surface area contributed by atoms with Gasteiger partial charge in [0.2, 0.25) is 5.89 Å². The van der Waals surface area contributed by atoms with Crippen LogP contribution in [0, 0.1) is 5.82 Å². The number of aromatic nitrogens is 4. The zero-order valence-electron chi connectivity index (χ0n) is 12.9. The molecular weight excluding hydrogens is 383 g/mol. The van der Waals surface area contributed by atoms with E-state index in [9.17, 15) is 4.39 Å². The van der Waals surface area contributed by atoms with E-state index in [2.05, 4.69) is 20.2 Å². The maximum atomic E-state index is 13.0. The summed E-state index contributed by atoms with van der Waals surface area (Å²) in [5, 5.41) is 8.53. The monoisotopic (exact) mass is 392 g/mol. The molecule has 0 saturated carbocycles. The lowest BCUT2D eigenvalue weighted by atomic mass is 10.1. The molecule has 0 bridgehead atoms. The first-order chi connectivity index (χ1) is 12.1. The van der Waals surface area contributed by atoms with E-state index < -0.39 is 0 Å². The second-order valence-corrected chi connectivity index (χ2v) is 7.54. The van der Waals surface area contributed by atoms with Gasteiger partial charge in [0.15, 0.2) is 4.34 Å². The van der Waals surface area contributed by atoms with E-state index in [1.54, 1.807) is 30.1 Å². The number of hydrogen-bond donors (Lipinski definition) is 0. The molecular formula is C16H10ClFN4OS2. The molecule has 0 fully saturated rings. The molecule has 3 aromatic heterocycles. The fraction of sp³-hybridized carbons (Fsp3) is 0.125. The van der Waals surface area contributed by atoms with Crippen molar-refractivity contribution in [3.63, 3.8) is 0 Å². The van der Waals surface area contributed by atoms with Crippen LogP contribution in [0.25, 0.3) is 21.8 Å². The van der Waals surface area contributed by atoms with Crippen molar-refractivity contribution in [3.8, 4) is 11.5 Å². The summed E-state index contributed by atoms with van der Waals surface area (Å²) in [7, 11) is 0. The molecule has 0 aliphatic carbocycles. The second kappa shape index (κ2) is 6.70. The summed E-state index contributed by atoms with van der Waals surface area (Å²) < 4.78 is 19.6. The first-order valence-electron chi connectivity index (χ1n) is 7.20. The maximum absolute atomic E-state index is 13.0. The van der Waals surface area contributed by atoms with E-state index >= 15 is 0 Å². The normalized spacial score (nSPS) is 11.3. The van der Waals surface area contributed by atoms with Crippen molar-refractivity contribution in [2.24, 2.45) is 0 Å². The Morgan fingerprint density at radius 2 is 2.04 bits per heavy atom. The average Bonchev–Trinajstić information content (AvgIpc) is 3.24. The highest BCUT2D eigenvalue weighted by Gasteiger charge is 2.18. The Labute approximate surface area is 155 Å². The summed E-state index contributed by atoms with van der Waals surface area (Å²) in [5.41, 5.74) is 2.05. The van der Waals surface area contributed by atoms with Crippen LogP contribution in [-0.4, -0.2) is 26.4 Å². The van der Waals surface area contributed by atoms with Gasteiger partial charge in [-0.25, -0.2) is 14.4 Å². The van der Waals surface area contributed by atoms with Crippen LogP contribution in [0.2, 0.25) is 5.02 Å². The van der Waals surface area contributed by atoms with Crippen LogP contribution < -0.4 is 0 Å². The summed E-state index contributed by atoms with van der Waals surface area (Å²) in [6, 6.07) is 6.15. The Morgan fingerprint density at radius 3 is 2.80 bits per heavy atom. The average molecular weight is 393 g/mol. The number of thiazole rings is 1. The molecule has 5 nitrogen and oxygen atoms in total. The van der Waals surface area contributed by atoms with Crippen LogP contribution in [-0.2, 0) is 6.42 Å². The van der Waals surface area contributed by atoms with Crippen molar-refractivity contribution < 1.29 is 8.81 Å². The number of fused-ring (bicyclic) bond motifs is 1. The van der Waals surface area contributed by atoms with Crippen LogP contribution in [0.15, 0.2) is 39.2 Å². The van der Waals surface area contributed by atoms with E-state index in [-0.39, 0.29) is 11.7 Å². The Morgan fingerprint density at radius 1 is 1.24 bits per heavy atom. The van der Waals surface area contributed by atoms with Gasteiger partial charge in [-0.1, -0.05) is 46.8 Å². The van der Waals surface area contributed by atoms with Crippen molar-refractivity contribution in [2.75, 3.05) is 6.26 Å². The highest BCUT2D eigenvalue weighted by molar-refractivity contribution is 8.00. The SMILES string of the molecule is CSc1nc2c(Cl)c(-c3nnc(Cc4ccc(F)cc4)o3)cnc2s1. The van der Waals surface area contributed by atoms with Gasteiger partial charge in [0, 0.05) is 6.20 Å². The Balaban J connectivity index is 1.66. The Kier molecular flexibility index (Phi) is 4.41. The molecule has 0 spiro atoms. The van der Waals surface area contributed by atoms with Crippen molar-refractivity contribution in [1.29, 1.82) is 0 Å². The topological polar surface area (TPSA) is 64.7 Å². The van der Waals surface area contributed by atoms with Crippen molar-refractivity contribution >= 4 is 45.0 Å². The maximum Gasteiger partial charge on any atom is 0.250 e. The molecule has 25 heavy (non-hydrogen) atoms. The van der Waals surface area contributed by atoms with Gasteiger partial charge in [0.25, 0.3) is 5.89 Å². The molecule has 0 saturated heterocycles. The van der Waals surface area contributed by atoms with Crippen LogP contribution in [0.5, 0.6) is 0 Å². The lowest BCUT2D eigenvalue weighted by Gasteiger charge is -1.99. The van der Waals surface area contributed by atoms with Crippen LogP contribution in [0.3, 0.4) is 0 Å². The smallest absolute Gasteiger partial charge is 0.250 e. The van der Waals surface area contributed by atoms with Gasteiger partial charge in [-0.15, -0.1) is 10.2 Å². The zero-order chi connectivity index (χ0) is 17.4. The minimum Gasteiger partial charge on any atom is -0.420 e. The van der Waals surface area contributed by atoms with E-state index in [1.807, 2.05) is 6.26 Å². The highest BCUT2D eigenvalue weighted by Crippen LogP contribution is 2.36. The predicted molar refractivity (Wildman–Crippen MR) is 96.7 cm³/mol. The first kappa shape index (κ1) is 16.4. The van der Waals surface area contributed by atoms with E-state index in [4.69, 9.17) is 16.0 Å². The molecule has 126 valence electrons. The molecule has 0 radical (unpaired) electrons. The lowest BCUT2D eigenvalue weighted by Crippen LogP contribution is -1.88. The predicted octanol–water partition coefficient (Wildman–Crippen LogP) is 4.85. The summed E-state index contributed by atoms with van der Waals surface area (Å²) in [5.74, 6) is 0.421. The van der Waals surface area contributed by atoms with Gasteiger partial charge in [0.05, 0.1) is 17.0 Å². The van der Waals surface area contributed by atoms with E-state index in [0.717, 1.165) is 14.7 Å². The summed E-state index contributed by atoms with van der Waals surface area (Å²) in [4.78, 5) is 9.61. The summed E-state index contributed by atoms with van der Waals surface area (Å²) in [6.45, 7) is 0. The molecule has 0 unspecified atom stereocenters. The zero-order valence-corrected chi connectivity index (χ0v) is 15.3. The van der Waals surface area contributed by atoms with E-state index in [0.29, 0.717) is 28.4 Å². The van der Waals surface area contributed by atoms with Gasteiger partial charge in [-0.3, -0.25) is 0 Å². The molecule has 4 aromatic rings. The van der Waals surface area contributed by atoms with Crippen LogP contribution in [0.1, 0.15) is 11.5 Å². The Hall–Kier alpha value is -2.03. The fourth-order valence-electron chi connectivity index (χ4n) is 2.28. The quantitative estimate of drug-likeness (QED) is 0.463. The van der Waals surface area contributed by atoms with Gasteiger partial charge in [-0.2, -0.15) is 0 Å². The van der Waals surface area contributed by atoms with Gasteiger partial charge < -0.3 is 4.42 Å². The molecule has 9 heteroatoms. The van der Waals surface area contributed by atoms with Crippen LogP contribution >= 0.6 is 34.7 Å². The first-order valence-corrected chi connectivity index (χ1v) is 9.62. The van der Waals surface area contributed by atoms with Gasteiger partial charge in [-0.05, 0) is 24.0 Å². The number of pyridine rings is 1. The van der Waals surface area contributed by atoms with Crippen molar-refractivity contribution in [3.05, 3.63) is 52.8 Å². The standard InChI is InChI=1S/C16H10ClFN4OS2/c1-24-16-20-13-12(17)10(7-19-15(13)25-16)14-22-21-11(23-14)6-8-2-4-9(18)5-3-8/h2-5,7H,6H2,1H3. The molecule has 0 atom stereocenters. The largest absolute Gasteiger partial charge is 0.420 e. The Bertz CT molecular complexity index is 1050. The molecule has 3 heterocycles. The summed E-state index contributed by atoms with van der Waals surface area (Å²) >= 11 is 9.48. The van der Waals surface area contributed by atoms with Crippen molar-refractivity contribution in [1.82, 2.24) is 20.2 Å². The molecule has 4 rings (SSSR count). The molecule has 0 amide bonds. The van der Waals surface area contributed by atoms with Crippen molar-refractivity contribution in [2.45, 2.75) is 10.8 Å². The number of nitrogens with zero attached hydrogens (tertiary/aromatic N) is 4. The second-order valence-electron chi connectivity index (χ2n) is 5.13. The highest BCUT2D eigenvalue weighted by atomic mass is 35.5. The molecule has 1 aromatic carbocycles. The number of rotatable bonds is 4. The third-order valence-electron chi connectivity index (χ3n) is 3.49. The molecule has 0 N–H and O–H groups in total. The minimum absolute atomic E-state index is 0.283.